The number of hydrogen-bond donors (Lipinski definition) is 0. The summed E-state index contributed by atoms with van der Waals surface area (Å²) in [5.74, 6) is -6.70. The normalized spacial score (nSPS) is 10.4. The second kappa shape index (κ2) is 17.3. The van der Waals surface area contributed by atoms with Gasteiger partial charge in [0.15, 0.2) is 0 Å². The molecule has 0 N–H and O–H groups in total. The van der Waals surface area contributed by atoms with Crippen molar-refractivity contribution < 1.29 is 53.7 Å². The van der Waals surface area contributed by atoms with E-state index in [1.807, 2.05) is 34.1 Å². The second-order valence-electron chi connectivity index (χ2n) is 5.41. The van der Waals surface area contributed by atoms with Gasteiger partial charge in [0.25, 0.3) is 0 Å². The van der Waals surface area contributed by atoms with Gasteiger partial charge in [-0.2, -0.15) is 17.6 Å². The van der Waals surface area contributed by atoms with Crippen molar-refractivity contribution in [2.24, 2.45) is 0 Å². The molecular weight excluding hydrogens is 810 g/mol. The summed E-state index contributed by atoms with van der Waals surface area (Å²) >= 11 is 10.5. The minimum Gasteiger partial charge on any atom is -0.461 e. The summed E-state index contributed by atoms with van der Waals surface area (Å²) < 4.78 is 61.4. The smallest absolute Gasteiger partial charge is 0.395 e. The van der Waals surface area contributed by atoms with Gasteiger partial charge < -0.3 is 9.47 Å². The molecule has 0 aromatic heterocycles. The number of carbonyl (C=O) groups is 2. The zero-order valence-corrected chi connectivity index (χ0v) is 24.8. The number of benzene rings is 2. The van der Waals surface area contributed by atoms with Crippen molar-refractivity contribution >= 4 is 82.3 Å². The molecule has 13 heteroatoms. The third-order valence-electron chi connectivity index (χ3n) is 3.08. The predicted octanol–water partition coefficient (Wildman–Crippen LogP) is 7.69. The Morgan fingerprint density at radius 1 is 0.848 bits per heavy atom. The van der Waals surface area contributed by atoms with Crippen LogP contribution in [0.25, 0.3) is 0 Å². The minimum absolute atomic E-state index is 0. The third-order valence-corrected chi connectivity index (χ3v) is 6.46. The van der Waals surface area contributed by atoms with E-state index in [2.05, 4.69) is 70.0 Å². The first kappa shape index (κ1) is 35.0. The summed E-state index contributed by atoms with van der Waals surface area (Å²) in [4.78, 5) is 17.5. The Morgan fingerprint density at radius 2 is 1.27 bits per heavy atom. The van der Waals surface area contributed by atoms with Crippen molar-refractivity contribution in [2.75, 3.05) is 13.2 Å². The second-order valence-corrected chi connectivity index (χ2v) is 9.27. The van der Waals surface area contributed by atoms with E-state index in [4.69, 9.17) is 0 Å². The molecule has 4 nitrogen and oxygen atoms in total. The van der Waals surface area contributed by atoms with Gasteiger partial charge in [-0.1, -0.05) is 46.3 Å². The Labute approximate surface area is 238 Å². The van der Waals surface area contributed by atoms with Crippen LogP contribution in [0.1, 0.15) is 19.4 Å². The summed E-state index contributed by atoms with van der Waals surface area (Å²) in [7, 11) is 0. The zero-order chi connectivity index (χ0) is 24.9. The number of hydrogen-bond acceptors (Lipinski definition) is 4. The van der Waals surface area contributed by atoms with Crippen molar-refractivity contribution in [3.63, 3.8) is 0 Å². The van der Waals surface area contributed by atoms with Crippen LogP contribution in [0.5, 0.6) is 0 Å². The molecule has 33 heavy (non-hydrogen) atoms. The summed E-state index contributed by atoms with van der Waals surface area (Å²) in [6.07, 6.45) is 0. The molecule has 0 atom stereocenters. The molecule has 0 aliphatic heterocycles. The molecule has 189 valence electrons. The maximum absolute atomic E-state index is 13.5. The SMILES string of the molecule is Brc1ccccc1I.CCOC(=O)C(F)(F)Br.CCOC(=O)C(F)(F)c1ccccc1Br.[Cu]. The van der Waals surface area contributed by atoms with Crippen LogP contribution in [0.3, 0.4) is 0 Å². The fraction of sp³-hybridized carbons (Fsp3) is 0.300. The van der Waals surface area contributed by atoms with Gasteiger partial charge in [-0.15, -0.1) is 0 Å². The summed E-state index contributed by atoms with van der Waals surface area (Å²) in [6, 6.07) is 13.8. The van der Waals surface area contributed by atoms with Crippen LogP contribution in [-0.2, 0) is 42.1 Å². The van der Waals surface area contributed by atoms with E-state index in [1.54, 1.807) is 6.07 Å². The molecule has 0 fully saturated rings. The molecule has 0 bridgehead atoms. The van der Waals surface area contributed by atoms with E-state index in [-0.39, 0.29) is 40.3 Å². The zero-order valence-electron chi connectivity index (χ0n) is 17.0. The number of esters is 2. The number of ether oxygens (including phenoxy) is 2. The van der Waals surface area contributed by atoms with Crippen LogP contribution in [0.2, 0.25) is 0 Å². The van der Waals surface area contributed by atoms with Gasteiger partial charge in [0, 0.05) is 51.1 Å². The molecule has 0 amide bonds. The maximum atomic E-state index is 13.5. The monoisotopic (exact) mass is 825 g/mol. The van der Waals surface area contributed by atoms with E-state index in [9.17, 15) is 27.2 Å². The molecule has 0 unspecified atom stereocenters. The van der Waals surface area contributed by atoms with Crippen LogP contribution < -0.4 is 0 Å². The number of alkyl halides is 5. The van der Waals surface area contributed by atoms with Gasteiger partial charge in [0.1, 0.15) is 0 Å². The van der Waals surface area contributed by atoms with E-state index in [0.717, 1.165) is 0 Å². The number of halogens is 8. The quantitative estimate of drug-likeness (QED) is 0.102. The molecule has 2 aromatic carbocycles. The Morgan fingerprint density at radius 3 is 1.61 bits per heavy atom. The van der Waals surface area contributed by atoms with E-state index in [0.29, 0.717) is 0 Å². The van der Waals surface area contributed by atoms with Crippen LogP contribution in [0.15, 0.2) is 57.5 Å². The van der Waals surface area contributed by atoms with E-state index < -0.39 is 22.7 Å². The maximum Gasteiger partial charge on any atom is 0.395 e. The Kier molecular flexibility index (Phi) is 18.3. The fourth-order valence-electron chi connectivity index (χ4n) is 1.70. The molecule has 0 saturated heterocycles. The topological polar surface area (TPSA) is 52.6 Å². The van der Waals surface area contributed by atoms with Gasteiger partial charge in [0.05, 0.1) is 13.2 Å². The van der Waals surface area contributed by atoms with Crippen LogP contribution in [0.4, 0.5) is 17.6 Å². The standard InChI is InChI=1S/C10H9BrF2O2.C6H4BrI.C4H5BrF2O2.Cu/c1-2-15-9(14)10(12,13)7-5-3-4-6-8(7)11;7-5-3-1-2-4-6(5)8;1-2-9-3(8)4(5,6)7;/h3-6H,2H2,1H3;1-4H;2H2,1H3;. The molecule has 0 spiro atoms. The van der Waals surface area contributed by atoms with Gasteiger partial charge >= 0.3 is 22.7 Å². The molecule has 1 radical (unpaired) electrons. The average Bonchev–Trinajstić information content (AvgIpc) is 2.71. The van der Waals surface area contributed by atoms with Crippen LogP contribution >= 0.6 is 70.4 Å². The van der Waals surface area contributed by atoms with E-state index in [1.165, 1.54) is 40.1 Å². The number of carbonyl (C=O) groups excluding carboxylic acids is 2. The van der Waals surface area contributed by atoms with Gasteiger partial charge in [-0.05, 0) is 70.6 Å². The predicted molar refractivity (Wildman–Crippen MR) is 132 cm³/mol. The van der Waals surface area contributed by atoms with Crippen molar-refractivity contribution in [1.29, 1.82) is 0 Å². The van der Waals surface area contributed by atoms with Crippen molar-refractivity contribution in [2.45, 2.75) is 24.6 Å². The Bertz CT molecular complexity index is 865. The van der Waals surface area contributed by atoms with Gasteiger partial charge in [-0.25, -0.2) is 9.59 Å². The summed E-state index contributed by atoms with van der Waals surface area (Å²) in [6.45, 7) is 2.82. The summed E-state index contributed by atoms with van der Waals surface area (Å²) in [5, 5.41) is 0. The van der Waals surface area contributed by atoms with Gasteiger partial charge in [-0.3, -0.25) is 0 Å². The Balaban J connectivity index is 0. The van der Waals surface area contributed by atoms with Gasteiger partial charge in [0.2, 0.25) is 0 Å². The first-order valence-corrected chi connectivity index (χ1v) is 12.2. The van der Waals surface area contributed by atoms with E-state index >= 15 is 0 Å². The molecule has 0 heterocycles. The van der Waals surface area contributed by atoms with Crippen LogP contribution in [-0.4, -0.2) is 30.0 Å². The van der Waals surface area contributed by atoms with Crippen molar-refractivity contribution in [3.05, 3.63) is 66.6 Å². The molecule has 0 aliphatic carbocycles. The first-order chi connectivity index (χ1) is 14.8. The molecule has 2 rings (SSSR count). The molecule has 0 saturated carbocycles. The largest absolute Gasteiger partial charge is 0.461 e. The molecule has 0 aliphatic rings. The fourth-order valence-corrected chi connectivity index (χ4v) is 3.02. The first-order valence-electron chi connectivity index (χ1n) is 8.72. The number of rotatable bonds is 5. The van der Waals surface area contributed by atoms with Crippen molar-refractivity contribution in [1.82, 2.24) is 0 Å². The summed E-state index contributed by atoms with van der Waals surface area (Å²) in [5.41, 5.74) is -0.386. The minimum atomic E-state index is -3.61. The molecular formula is C20H18Br3CuF4IO4. The Hall–Kier alpha value is -0.211. The third kappa shape index (κ3) is 13.5. The molecule has 2 aromatic rings. The van der Waals surface area contributed by atoms with Crippen molar-refractivity contribution in [3.8, 4) is 0 Å². The average molecular weight is 829 g/mol. The van der Waals surface area contributed by atoms with Crippen LogP contribution in [0, 0.1) is 3.57 Å².